The molecule has 1 aliphatic heterocycles. The summed E-state index contributed by atoms with van der Waals surface area (Å²) >= 11 is 0. The minimum atomic E-state index is -6.31. The molecule has 0 spiro atoms. The van der Waals surface area contributed by atoms with Gasteiger partial charge >= 0.3 is 18.0 Å². The fraction of sp³-hybridized carbons (Fsp3) is 1.00. The lowest BCUT2D eigenvalue weighted by Gasteiger charge is -2.29. The zero-order valence-corrected chi connectivity index (χ0v) is 7.66. The Hall–Kier alpha value is -0.570. The largest absolute Gasteiger partial charge is 0.459 e. The number of halogens is 7. The third-order valence-electron chi connectivity index (χ3n) is 1.93. The maximum absolute atomic E-state index is 12.7. The smallest absolute Gasteiger partial charge is 0.350 e. The lowest BCUT2D eigenvalue weighted by Crippen LogP contribution is -2.53. The van der Waals surface area contributed by atoms with Crippen molar-refractivity contribution in [2.75, 3.05) is 13.2 Å². The first-order chi connectivity index (χ1) is 7.08. The van der Waals surface area contributed by atoms with Crippen molar-refractivity contribution in [1.82, 2.24) is 0 Å². The summed E-state index contributed by atoms with van der Waals surface area (Å²) in [4.78, 5) is 0. The van der Waals surface area contributed by atoms with Crippen LogP contribution in [0.3, 0.4) is 0 Å². The summed E-state index contributed by atoms with van der Waals surface area (Å²) in [5.74, 6) is -11.4. The van der Waals surface area contributed by atoms with E-state index < -0.39 is 30.7 Å². The van der Waals surface area contributed by atoms with Gasteiger partial charge in [0.1, 0.15) is 0 Å². The van der Waals surface area contributed by atoms with Crippen molar-refractivity contribution in [1.29, 1.82) is 0 Å². The van der Waals surface area contributed by atoms with Crippen LogP contribution in [0.4, 0.5) is 30.7 Å². The highest BCUT2D eigenvalue weighted by Gasteiger charge is 2.73. The summed E-state index contributed by atoms with van der Waals surface area (Å²) in [6, 6.07) is 0. The predicted octanol–water partition coefficient (Wildman–Crippen LogP) is 2.58. The summed E-state index contributed by atoms with van der Waals surface area (Å²) in [5, 5.41) is 0. The fourth-order valence-corrected chi connectivity index (χ4v) is 1.07. The maximum Gasteiger partial charge on any atom is 0.459 e. The van der Waals surface area contributed by atoms with Crippen LogP contribution < -0.4 is 0 Å². The molecule has 0 aromatic heterocycles. The first-order valence-corrected chi connectivity index (χ1v) is 4.13. The Morgan fingerprint density at radius 2 is 1.31 bits per heavy atom. The lowest BCUT2D eigenvalue weighted by molar-refractivity contribution is -0.361. The van der Waals surface area contributed by atoms with Gasteiger partial charge < -0.3 is 9.47 Å². The quantitative estimate of drug-likeness (QED) is 0.722. The molecular formula is C7H7F7O2. The van der Waals surface area contributed by atoms with Crippen LogP contribution in [0, 0.1) is 0 Å². The van der Waals surface area contributed by atoms with Crippen molar-refractivity contribution in [2.45, 2.75) is 30.7 Å². The molecule has 0 aliphatic carbocycles. The number of rotatable bonds is 3. The molecule has 0 N–H and O–H groups in total. The number of alkyl halides is 7. The third-order valence-corrected chi connectivity index (χ3v) is 1.93. The van der Waals surface area contributed by atoms with E-state index in [1.165, 1.54) is 0 Å². The molecule has 0 amide bonds. The number of hydrogen-bond acceptors (Lipinski definition) is 2. The van der Waals surface area contributed by atoms with Gasteiger partial charge in [-0.25, -0.2) is 0 Å². The van der Waals surface area contributed by atoms with E-state index in [2.05, 4.69) is 9.47 Å². The Balaban J connectivity index is 2.75. The molecule has 1 rings (SSSR count). The van der Waals surface area contributed by atoms with E-state index in [1.54, 1.807) is 0 Å². The molecule has 1 fully saturated rings. The average molecular weight is 256 g/mol. The van der Waals surface area contributed by atoms with E-state index in [0.29, 0.717) is 0 Å². The topological polar surface area (TPSA) is 18.5 Å². The van der Waals surface area contributed by atoms with Crippen LogP contribution in [0.5, 0.6) is 0 Å². The number of hydrogen-bond donors (Lipinski definition) is 0. The van der Waals surface area contributed by atoms with Gasteiger partial charge in [-0.15, -0.1) is 0 Å². The van der Waals surface area contributed by atoms with Gasteiger partial charge in [-0.3, -0.25) is 0 Å². The second-order valence-electron chi connectivity index (χ2n) is 3.15. The Morgan fingerprint density at radius 1 is 0.875 bits per heavy atom. The van der Waals surface area contributed by atoms with Gasteiger partial charge in [0.15, 0.2) is 6.29 Å². The molecule has 0 atom stereocenters. The lowest BCUT2D eigenvalue weighted by atomic mass is 10.1. The van der Waals surface area contributed by atoms with Gasteiger partial charge in [0.25, 0.3) is 0 Å². The minimum absolute atomic E-state index is 0.113. The Labute approximate surface area is 85.3 Å². The summed E-state index contributed by atoms with van der Waals surface area (Å²) in [6.07, 6.45) is -9.88. The van der Waals surface area contributed by atoms with Gasteiger partial charge in [-0.1, -0.05) is 0 Å². The molecule has 0 aromatic rings. The molecule has 0 unspecified atom stereocenters. The molecule has 0 bridgehead atoms. The van der Waals surface area contributed by atoms with E-state index >= 15 is 0 Å². The Bertz CT molecular complexity index is 244. The summed E-state index contributed by atoms with van der Waals surface area (Å²) in [5.41, 5.74) is 0. The highest BCUT2D eigenvalue weighted by Crippen LogP contribution is 2.48. The molecule has 1 saturated heterocycles. The van der Waals surface area contributed by atoms with Crippen LogP contribution in [-0.4, -0.2) is 37.5 Å². The van der Waals surface area contributed by atoms with Crippen LogP contribution in [0.2, 0.25) is 0 Å². The molecule has 9 heteroatoms. The van der Waals surface area contributed by atoms with Crippen LogP contribution in [0.15, 0.2) is 0 Å². The van der Waals surface area contributed by atoms with Gasteiger partial charge in [0, 0.05) is 0 Å². The molecular weight excluding hydrogens is 249 g/mol. The van der Waals surface area contributed by atoms with Crippen LogP contribution in [-0.2, 0) is 9.47 Å². The van der Waals surface area contributed by atoms with E-state index in [-0.39, 0.29) is 13.2 Å². The van der Waals surface area contributed by atoms with Gasteiger partial charge in [-0.05, 0) is 0 Å². The monoisotopic (exact) mass is 256 g/mol. The molecule has 1 heterocycles. The van der Waals surface area contributed by atoms with E-state index in [9.17, 15) is 30.7 Å². The first-order valence-electron chi connectivity index (χ1n) is 4.13. The summed E-state index contributed by atoms with van der Waals surface area (Å²) in [6.45, 7) is -0.226. The van der Waals surface area contributed by atoms with Crippen molar-refractivity contribution < 1.29 is 40.2 Å². The summed E-state index contributed by atoms with van der Waals surface area (Å²) < 4.78 is 94.1. The van der Waals surface area contributed by atoms with Crippen molar-refractivity contribution in [3.8, 4) is 0 Å². The number of ether oxygens (including phenoxy) is 2. The highest BCUT2D eigenvalue weighted by atomic mass is 19.4. The molecule has 0 aromatic carbocycles. The second-order valence-corrected chi connectivity index (χ2v) is 3.15. The Kier molecular flexibility index (Phi) is 3.39. The molecule has 0 saturated carbocycles. The molecule has 1 aliphatic rings. The van der Waals surface area contributed by atoms with E-state index in [0.717, 1.165) is 0 Å². The van der Waals surface area contributed by atoms with Crippen molar-refractivity contribution in [3.05, 3.63) is 0 Å². The van der Waals surface area contributed by atoms with Gasteiger partial charge in [0.2, 0.25) is 0 Å². The normalized spacial score (nSPS) is 20.4. The maximum atomic E-state index is 12.7. The first kappa shape index (κ1) is 13.5. The van der Waals surface area contributed by atoms with Crippen molar-refractivity contribution >= 4 is 0 Å². The molecule has 96 valence electrons. The third kappa shape index (κ3) is 2.40. The molecule has 0 radical (unpaired) electrons. The van der Waals surface area contributed by atoms with Gasteiger partial charge in [0.05, 0.1) is 19.6 Å². The highest BCUT2D eigenvalue weighted by molar-refractivity contribution is 4.91. The van der Waals surface area contributed by atoms with E-state index in [1.807, 2.05) is 0 Å². The zero-order chi connectivity index (χ0) is 12.6. The Morgan fingerprint density at radius 3 is 1.69 bits per heavy atom. The average Bonchev–Trinajstić information content (AvgIpc) is 2.53. The second kappa shape index (κ2) is 4.02. The fourth-order valence-electron chi connectivity index (χ4n) is 1.07. The molecule has 2 nitrogen and oxygen atoms in total. The SMILES string of the molecule is FC(F)(F)C(F)(F)C(F)(F)CC1OCCO1. The van der Waals surface area contributed by atoms with Crippen molar-refractivity contribution in [3.63, 3.8) is 0 Å². The summed E-state index contributed by atoms with van der Waals surface area (Å²) in [7, 11) is 0. The van der Waals surface area contributed by atoms with Crippen LogP contribution >= 0.6 is 0 Å². The van der Waals surface area contributed by atoms with Crippen LogP contribution in [0.1, 0.15) is 6.42 Å². The standard InChI is InChI=1S/C7H7F7O2/c8-5(9,3-4-15-1-2-16-4)6(10,11)7(12,13)14/h4H,1-3H2. The van der Waals surface area contributed by atoms with Crippen LogP contribution in [0.25, 0.3) is 0 Å². The molecule has 16 heavy (non-hydrogen) atoms. The van der Waals surface area contributed by atoms with Crippen molar-refractivity contribution in [2.24, 2.45) is 0 Å². The van der Waals surface area contributed by atoms with Gasteiger partial charge in [-0.2, -0.15) is 30.7 Å². The predicted molar refractivity (Wildman–Crippen MR) is 36.3 cm³/mol. The minimum Gasteiger partial charge on any atom is -0.350 e. The zero-order valence-electron chi connectivity index (χ0n) is 7.66. The van der Waals surface area contributed by atoms with E-state index in [4.69, 9.17) is 0 Å².